The molecule has 3 heteroatoms. The van der Waals surface area contributed by atoms with Crippen molar-refractivity contribution in [3.8, 4) is 11.1 Å². The topological polar surface area (TPSA) is 6.48 Å². The highest BCUT2D eigenvalue weighted by atomic mass is 15.2. The Kier molecular flexibility index (Phi) is 9.17. The number of nitrogens with zero attached hydrogens (tertiary/aromatic N) is 2. The van der Waals surface area contributed by atoms with Crippen LogP contribution in [0.4, 0.5) is 34.1 Å². The van der Waals surface area contributed by atoms with E-state index < -0.39 is 0 Å². The lowest BCUT2D eigenvalue weighted by molar-refractivity contribution is 0.332. The summed E-state index contributed by atoms with van der Waals surface area (Å²) in [7, 11) is 0. The third-order valence-electron chi connectivity index (χ3n) is 19.6. The van der Waals surface area contributed by atoms with Gasteiger partial charge in [0, 0.05) is 39.5 Å². The summed E-state index contributed by atoms with van der Waals surface area (Å²) in [5.41, 5.74) is 29.9. The minimum Gasteiger partial charge on any atom is -0.311 e. The van der Waals surface area contributed by atoms with E-state index in [4.69, 9.17) is 0 Å². The Bertz CT molecular complexity index is 3290. The Morgan fingerprint density at radius 1 is 0.414 bits per heavy atom. The molecule has 0 atom stereocenters. The molecule has 0 unspecified atom stereocenters. The molecule has 4 aliphatic carbocycles. The summed E-state index contributed by atoms with van der Waals surface area (Å²) >= 11 is 0. The van der Waals surface area contributed by atoms with Crippen LogP contribution in [0.3, 0.4) is 0 Å². The molecule has 0 saturated heterocycles. The van der Waals surface area contributed by atoms with E-state index in [-0.39, 0.29) is 50.0 Å². The van der Waals surface area contributed by atoms with Crippen molar-refractivity contribution < 1.29 is 0 Å². The maximum Gasteiger partial charge on any atom is 0.252 e. The van der Waals surface area contributed by atoms with Gasteiger partial charge in [0.1, 0.15) is 0 Å². The molecule has 0 bridgehead atoms. The molecule has 2 aliphatic heterocycles. The van der Waals surface area contributed by atoms with Crippen molar-refractivity contribution in [2.24, 2.45) is 0 Å². The van der Waals surface area contributed by atoms with Crippen LogP contribution in [0.1, 0.15) is 205 Å². The third kappa shape index (κ3) is 6.24. The molecule has 360 valence electrons. The molecular formula is C67H79BN2. The summed E-state index contributed by atoms with van der Waals surface area (Å²) in [6.07, 6.45) is 5.89. The van der Waals surface area contributed by atoms with Crippen LogP contribution in [0.25, 0.3) is 11.1 Å². The molecule has 12 rings (SSSR count). The van der Waals surface area contributed by atoms with Crippen LogP contribution < -0.4 is 26.2 Å². The lowest BCUT2D eigenvalue weighted by Crippen LogP contribution is -2.62. The Balaban J connectivity index is 1.23. The fourth-order valence-corrected chi connectivity index (χ4v) is 15.3. The fourth-order valence-electron chi connectivity index (χ4n) is 15.3. The summed E-state index contributed by atoms with van der Waals surface area (Å²) in [5.74, 6) is 0. The van der Waals surface area contributed by atoms with Gasteiger partial charge < -0.3 is 9.80 Å². The SMILES string of the molecule is Cc1cc2c(cc1N1c3cc4c(cc3B3c5cc6c(cc5N(c5ccc7c(c5)C(C)(C)c5ccccc5-7)c5cc(C(C)(C)C)cc1c53)C(C)(C)CCC6(C)C)C(C)(C)CC4(C)C)C(C)(C)CCC2(C)C. The summed E-state index contributed by atoms with van der Waals surface area (Å²) in [6.45, 7) is 44.6. The summed E-state index contributed by atoms with van der Waals surface area (Å²) in [4.78, 5) is 5.53. The van der Waals surface area contributed by atoms with Crippen molar-refractivity contribution in [1.29, 1.82) is 0 Å². The Morgan fingerprint density at radius 2 is 0.857 bits per heavy atom. The monoisotopic (exact) mass is 923 g/mol. The predicted molar refractivity (Wildman–Crippen MR) is 303 cm³/mol. The number of fused-ring (bicyclic) bond motifs is 10. The van der Waals surface area contributed by atoms with E-state index in [0.717, 1.165) is 6.42 Å². The van der Waals surface area contributed by atoms with E-state index in [9.17, 15) is 0 Å². The van der Waals surface area contributed by atoms with E-state index in [2.05, 4.69) is 225 Å². The summed E-state index contributed by atoms with van der Waals surface area (Å²) in [5, 5.41) is 0. The van der Waals surface area contributed by atoms with E-state index >= 15 is 0 Å². The average Bonchev–Trinajstić information content (AvgIpc) is 3.61. The second-order valence-electron chi connectivity index (χ2n) is 28.8. The van der Waals surface area contributed by atoms with Gasteiger partial charge in [0.25, 0.3) is 6.71 Å². The van der Waals surface area contributed by atoms with E-state index in [1.54, 1.807) is 0 Å². The molecule has 0 amide bonds. The van der Waals surface area contributed by atoms with Gasteiger partial charge in [-0.15, -0.1) is 0 Å². The fraction of sp³-hybridized carbons (Fsp3) is 0.463. The highest BCUT2D eigenvalue weighted by molar-refractivity contribution is 7.00. The smallest absolute Gasteiger partial charge is 0.252 e. The van der Waals surface area contributed by atoms with Gasteiger partial charge in [-0.05, 0) is 203 Å². The van der Waals surface area contributed by atoms with Crippen LogP contribution in [-0.4, -0.2) is 6.71 Å². The number of benzene rings is 6. The second-order valence-corrected chi connectivity index (χ2v) is 28.8. The minimum absolute atomic E-state index is 0.0477. The zero-order valence-electron chi connectivity index (χ0n) is 46.2. The first-order chi connectivity index (χ1) is 32.4. The Morgan fingerprint density at radius 3 is 1.41 bits per heavy atom. The number of hydrogen-bond donors (Lipinski definition) is 0. The Labute approximate surface area is 422 Å². The molecule has 0 fully saturated rings. The number of hydrogen-bond acceptors (Lipinski definition) is 2. The molecule has 0 spiro atoms. The van der Waals surface area contributed by atoms with Gasteiger partial charge in [0.05, 0.1) is 0 Å². The van der Waals surface area contributed by atoms with Crippen molar-refractivity contribution in [1.82, 2.24) is 0 Å². The Hall–Kier alpha value is -5.02. The molecule has 2 heterocycles. The van der Waals surface area contributed by atoms with Crippen LogP contribution in [-0.2, 0) is 43.3 Å². The summed E-state index contributed by atoms with van der Waals surface area (Å²) < 4.78 is 0. The molecule has 70 heavy (non-hydrogen) atoms. The maximum absolute atomic E-state index is 2.78. The number of rotatable bonds is 2. The third-order valence-corrected chi connectivity index (χ3v) is 19.6. The van der Waals surface area contributed by atoms with Gasteiger partial charge >= 0.3 is 0 Å². The van der Waals surface area contributed by atoms with E-state index in [1.165, 1.54) is 143 Å². The number of anilines is 6. The zero-order valence-corrected chi connectivity index (χ0v) is 46.2. The molecule has 6 aromatic rings. The zero-order chi connectivity index (χ0) is 50.0. The first-order valence-electron chi connectivity index (χ1n) is 27.0. The first kappa shape index (κ1) is 46.1. The lowest BCUT2D eigenvalue weighted by Gasteiger charge is -2.48. The van der Waals surface area contributed by atoms with Gasteiger partial charge in [-0.3, -0.25) is 0 Å². The maximum atomic E-state index is 2.78. The molecule has 6 aliphatic rings. The van der Waals surface area contributed by atoms with Crippen molar-refractivity contribution in [2.45, 2.75) is 200 Å². The van der Waals surface area contributed by atoms with Crippen LogP contribution in [0.2, 0.25) is 0 Å². The van der Waals surface area contributed by atoms with E-state index in [0.29, 0.717) is 0 Å². The van der Waals surface area contributed by atoms with Crippen LogP contribution in [0.15, 0.2) is 91.0 Å². The van der Waals surface area contributed by atoms with Crippen molar-refractivity contribution in [3.05, 3.63) is 147 Å². The second kappa shape index (κ2) is 13.9. The van der Waals surface area contributed by atoms with Gasteiger partial charge in [-0.1, -0.05) is 166 Å². The highest BCUT2D eigenvalue weighted by Crippen LogP contribution is 2.57. The summed E-state index contributed by atoms with van der Waals surface area (Å²) in [6, 6.07) is 37.9. The predicted octanol–water partition coefficient (Wildman–Crippen LogP) is 16.3. The van der Waals surface area contributed by atoms with Gasteiger partial charge in [-0.2, -0.15) is 0 Å². The molecule has 0 aromatic heterocycles. The standard InChI is InChI=1S/C67H79BN2/c1-39-29-46-49(63(9,10)27-25-61(46,5)6)35-54(39)70-56-37-51-48(65(13,14)38-66(51,15)16)34-53(56)68-52-33-47-50(64(11,12)28-26-62(47,7)8)36-55(52)69(57-30-40(60(2,3)4)31-58(70)59(57)68)41-23-24-43-42-21-19-20-22-44(42)67(17,18)45(43)32-41/h19-24,29-37H,25-28,38H2,1-18H3. The quantitative estimate of drug-likeness (QED) is 0.159. The van der Waals surface area contributed by atoms with Crippen molar-refractivity contribution in [3.63, 3.8) is 0 Å². The first-order valence-corrected chi connectivity index (χ1v) is 27.0. The van der Waals surface area contributed by atoms with Crippen LogP contribution in [0, 0.1) is 6.92 Å². The molecule has 2 nitrogen and oxygen atoms in total. The van der Waals surface area contributed by atoms with Gasteiger partial charge in [-0.25, -0.2) is 0 Å². The van der Waals surface area contributed by atoms with Crippen LogP contribution >= 0.6 is 0 Å². The molecular weight excluding hydrogens is 844 g/mol. The highest BCUT2D eigenvalue weighted by Gasteiger charge is 2.51. The molecule has 0 N–H and O–H groups in total. The van der Waals surface area contributed by atoms with E-state index in [1.807, 2.05) is 0 Å². The molecule has 0 saturated carbocycles. The lowest BCUT2D eigenvalue weighted by atomic mass is 9.32. The van der Waals surface area contributed by atoms with Crippen molar-refractivity contribution >= 4 is 57.2 Å². The average molecular weight is 923 g/mol. The van der Waals surface area contributed by atoms with Gasteiger partial charge in [0.2, 0.25) is 0 Å². The van der Waals surface area contributed by atoms with Crippen molar-refractivity contribution in [2.75, 3.05) is 9.80 Å². The minimum atomic E-state index is -0.124. The van der Waals surface area contributed by atoms with Gasteiger partial charge in [0.15, 0.2) is 0 Å². The van der Waals surface area contributed by atoms with Crippen LogP contribution in [0.5, 0.6) is 0 Å². The molecule has 6 aromatic carbocycles. The normalized spacial score (nSPS) is 21.4. The molecule has 0 radical (unpaired) electrons. The largest absolute Gasteiger partial charge is 0.311 e. The number of aryl methyl sites for hydroxylation is 1.